The number of halogens is 1. The topological polar surface area (TPSA) is 80.3 Å². The molecule has 0 radical (unpaired) electrons. The van der Waals surface area contributed by atoms with E-state index in [-0.39, 0.29) is 14.9 Å². The molecule has 1 rings (SSSR count). The summed E-state index contributed by atoms with van der Waals surface area (Å²) in [4.78, 5) is 20.5. The average molecular weight is 249 g/mol. The smallest absolute Gasteiger partial charge is 0.0826 e. The number of carbonyl (C=O) groups excluding carboxylic acids is 2. The molecule has 0 aliphatic carbocycles. The molecule has 0 amide bonds. The molecule has 64 valence electrons. The number of carbonyl (C=O) groups is 2. The largest absolute Gasteiger partial charge is 0.545 e. The summed E-state index contributed by atoms with van der Waals surface area (Å²) in [6, 6.07) is 0. The quantitative estimate of drug-likeness (QED) is 0.689. The normalized spacial score (nSPS) is 9.75. The van der Waals surface area contributed by atoms with Gasteiger partial charge in [-0.3, -0.25) is 0 Å². The summed E-state index contributed by atoms with van der Waals surface area (Å²) in [6.45, 7) is 0. The highest BCUT2D eigenvalue weighted by molar-refractivity contribution is 9.10. The Morgan fingerprint density at radius 2 is 1.92 bits per heavy atom. The molecule has 0 aliphatic rings. The number of rotatable bonds is 2. The van der Waals surface area contributed by atoms with E-state index in [0.717, 1.165) is 11.3 Å². The molecule has 0 aromatic carbocycles. The zero-order valence-electron chi connectivity index (χ0n) is 5.50. The minimum Gasteiger partial charge on any atom is -0.545 e. The maximum absolute atomic E-state index is 10.3. The summed E-state index contributed by atoms with van der Waals surface area (Å²) in [5.41, 5.74) is -0.167. The maximum atomic E-state index is 10.3. The SMILES string of the molecule is O=C([O-])c1csc(C(=O)[O-])c1Br. The molecule has 1 heterocycles. The fraction of sp³-hybridized carbons (Fsp3) is 0. The Hall–Kier alpha value is -0.880. The summed E-state index contributed by atoms with van der Waals surface area (Å²) >= 11 is 3.60. The lowest BCUT2D eigenvalue weighted by Crippen LogP contribution is -2.24. The molecule has 0 unspecified atom stereocenters. The van der Waals surface area contributed by atoms with Crippen molar-refractivity contribution in [3.8, 4) is 0 Å². The fourth-order valence-electron chi connectivity index (χ4n) is 0.619. The van der Waals surface area contributed by atoms with Crippen LogP contribution >= 0.6 is 27.3 Å². The van der Waals surface area contributed by atoms with E-state index >= 15 is 0 Å². The van der Waals surface area contributed by atoms with Crippen LogP contribution in [-0.4, -0.2) is 11.9 Å². The number of thiophene rings is 1. The molecule has 0 atom stereocenters. The first-order valence-electron chi connectivity index (χ1n) is 2.73. The summed E-state index contributed by atoms with van der Waals surface area (Å²) in [6.07, 6.45) is 0. The third-order valence-corrected chi connectivity index (χ3v) is 3.18. The molecule has 4 nitrogen and oxygen atoms in total. The zero-order chi connectivity index (χ0) is 9.30. The Kier molecular flexibility index (Phi) is 2.49. The molecule has 0 saturated carbocycles. The van der Waals surface area contributed by atoms with Crippen molar-refractivity contribution in [2.24, 2.45) is 0 Å². The van der Waals surface area contributed by atoms with E-state index in [1.165, 1.54) is 5.38 Å². The van der Waals surface area contributed by atoms with Crippen molar-refractivity contribution in [2.45, 2.75) is 0 Å². The maximum Gasteiger partial charge on any atom is 0.0826 e. The van der Waals surface area contributed by atoms with Crippen LogP contribution in [0.1, 0.15) is 20.0 Å². The van der Waals surface area contributed by atoms with Gasteiger partial charge in [0.2, 0.25) is 0 Å². The second-order valence-corrected chi connectivity index (χ2v) is 3.54. The Bertz CT molecular complexity index is 312. The zero-order valence-corrected chi connectivity index (χ0v) is 7.90. The number of carboxylic acids is 2. The van der Waals surface area contributed by atoms with Gasteiger partial charge >= 0.3 is 0 Å². The summed E-state index contributed by atoms with van der Waals surface area (Å²) in [5, 5.41) is 21.8. The molecule has 0 fully saturated rings. The van der Waals surface area contributed by atoms with Crippen molar-refractivity contribution in [3.05, 3.63) is 20.3 Å². The van der Waals surface area contributed by atoms with E-state index in [1.807, 2.05) is 0 Å². The Morgan fingerprint density at radius 1 is 1.33 bits per heavy atom. The van der Waals surface area contributed by atoms with Crippen LogP contribution in [0.3, 0.4) is 0 Å². The van der Waals surface area contributed by atoms with Gasteiger partial charge in [-0.15, -0.1) is 11.3 Å². The van der Waals surface area contributed by atoms with Gasteiger partial charge in [-0.25, -0.2) is 0 Å². The van der Waals surface area contributed by atoms with E-state index < -0.39 is 11.9 Å². The predicted octanol–water partition coefficient (Wildman–Crippen LogP) is -0.762. The van der Waals surface area contributed by atoms with Crippen LogP contribution in [-0.2, 0) is 0 Å². The first-order valence-corrected chi connectivity index (χ1v) is 4.41. The monoisotopic (exact) mass is 248 g/mol. The van der Waals surface area contributed by atoms with Gasteiger partial charge in [0.15, 0.2) is 0 Å². The predicted molar refractivity (Wildman–Crippen MR) is 40.7 cm³/mol. The Balaban J connectivity index is 3.22. The lowest BCUT2D eigenvalue weighted by molar-refractivity contribution is -0.255. The second-order valence-electron chi connectivity index (χ2n) is 1.87. The number of hydrogen-bond donors (Lipinski definition) is 0. The highest BCUT2D eigenvalue weighted by Gasteiger charge is 2.09. The lowest BCUT2D eigenvalue weighted by Gasteiger charge is -2.01. The minimum absolute atomic E-state index is 0.00694. The lowest BCUT2D eigenvalue weighted by atomic mass is 10.3. The van der Waals surface area contributed by atoms with E-state index in [9.17, 15) is 19.8 Å². The van der Waals surface area contributed by atoms with Gasteiger partial charge in [-0.1, -0.05) is 0 Å². The molecule has 6 heteroatoms. The minimum atomic E-state index is -1.41. The van der Waals surface area contributed by atoms with Gasteiger partial charge in [-0.05, 0) is 15.9 Å². The van der Waals surface area contributed by atoms with E-state index in [2.05, 4.69) is 15.9 Å². The molecule has 0 bridgehead atoms. The average Bonchev–Trinajstić information content (AvgIpc) is 2.30. The molecule has 12 heavy (non-hydrogen) atoms. The highest BCUT2D eigenvalue weighted by atomic mass is 79.9. The van der Waals surface area contributed by atoms with Crippen LogP contribution in [0.2, 0.25) is 0 Å². The van der Waals surface area contributed by atoms with Gasteiger partial charge < -0.3 is 19.8 Å². The highest BCUT2D eigenvalue weighted by Crippen LogP contribution is 2.27. The van der Waals surface area contributed by atoms with Crippen molar-refractivity contribution in [3.63, 3.8) is 0 Å². The van der Waals surface area contributed by atoms with Crippen LogP contribution in [0, 0.1) is 0 Å². The van der Waals surface area contributed by atoms with Gasteiger partial charge in [-0.2, -0.15) is 0 Å². The van der Waals surface area contributed by atoms with Crippen molar-refractivity contribution < 1.29 is 19.8 Å². The van der Waals surface area contributed by atoms with E-state index in [4.69, 9.17) is 0 Å². The van der Waals surface area contributed by atoms with Crippen LogP contribution in [0.25, 0.3) is 0 Å². The molecular weight excluding hydrogens is 248 g/mol. The number of hydrogen-bond acceptors (Lipinski definition) is 5. The molecule has 0 N–H and O–H groups in total. The molecule has 0 saturated heterocycles. The number of carboxylic acid groups (broad SMARTS) is 2. The van der Waals surface area contributed by atoms with Gasteiger partial charge in [0.25, 0.3) is 0 Å². The first-order chi connectivity index (χ1) is 5.54. The third-order valence-electron chi connectivity index (χ3n) is 1.14. The molecule has 0 spiro atoms. The Labute approximate surface area is 79.6 Å². The molecule has 0 aliphatic heterocycles. The van der Waals surface area contributed by atoms with Crippen LogP contribution in [0.5, 0.6) is 0 Å². The van der Waals surface area contributed by atoms with E-state index in [0.29, 0.717) is 0 Å². The van der Waals surface area contributed by atoms with Gasteiger partial charge in [0.05, 0.1) is 16.8 Å². The number of aromatic carboxylic acids is 2. The van der Waals surface area contributed by atoms with Crippen molar-refractivity contribution in [1.29, 1.82) is 0 Å². The summed E-state index contributed by atoms with van der Waals surface area (Å²) in [5.74, 6) is -2.81. The first kappa shape index (κ1) is 9.21. The van der Waals surface area contributed by atoms with Crippen molar-refractivity contribution >= 4 is 39.2 Å². The summed E-state index contributed by atoms with van der Waals surface area (Å²) in [7, 11) is 0. The van der Waals surface area contributed by atoms with Crippen LogP contribution in [0.15, 0.2) is 9.85 Å². The second kappa shape index (κ2) is 3.24. The standard InChI is InChI=1S/C6H3BrO4S/c7-3-2(5(8)9)1-12-4(3)6(10)11/h1H,(H,8,9)(H,10,11)/p-2. The van der Waals surface area contributed by atoms with E-state index in [1.54, 1.807) is 0 Å². The van der Waals surface area contributed by atoms with Crippen molar-refractivity contribution in [1.82, 2.24) is 0 Å². The Morgan fingerprint density at radius 3 is 2.17 bits per heavy atom. The van der Waals surface area contributed by atoms with Crippen LogP contribution < -0.4 is 10.2 Å². The summed E-state index contributed by atoms with van der Waals surface area (Å²) < 4.78 is 0.00694. The van der Waals surface area contributed by atoms with Gasteiger partial charge in [0, 0.05) is 15.4 Å². The molecule has 1 aromatic heterocycles. The third kappa shape index (κ3) is 1.49. The fourth-order valence-corrected chi connectivity index (χ4v) is 2.25. The van der Waals surface area contributed by atoms with Gasteiger partial charge in [0.1, 0.15) is 0 Å². The van der Waals surface area contributed by atoms with Crippen LogP contribution in [0.4, 0.5) is 0 Å². The molecular formula is C6HBrO4S-2. The van der Waals surface area contributed by atoms with Crippen molar-refractivity contribution in [2.75, 3.05) is 0 Å². The molecule has 1 aromatic rings.